The van der Waals surface area contributed by atoms with Gasteiger partial charge >= 0.3 is 0 Å². The van der Waals surface area contributed by atoms with Crippen LogP contribution in [0.25, 0.3) is 0 Å². The van der Waals surface area contributed by atoms with Crippen molar-refractivity contribution in [2.75, 3.05) is 0 Å². The minimum atomic E-state index is 0. The topological polar surface area (TPSA) is 0 Å². The molecule has 0 nitrogen and oxygen atoms in total. The van der Waals surface area contributed by atoms with Gasteiger partial charge in [0.15, 0.2) is 0 Å². The molecule has 0 N–H and O–H groups in total. The van der Waals surface area contributed by atoms with E-state index in [1.165, 1.54) is 5.30 Å². The summed E-state index contributed by atoms with van der Waals surface area (Å²) in [5.41, 5.74) is 0. The van der Waals surface area contributed by atoms with E-state index in [1.807, 2.05) is 54.6 Å². The number of rotatable bonds is 0. The normalized spacial score (nSPS) is 7.15. The van der Waals surface area contributed by atoms with Crippen molar-refractivity contribution < 1.29 is 37.5 Å². The minimum absolute atomic E-state index is 0. The van der Waals surface area contributed by atoms with Crippen LogP contribution in [0, 0.1) is 0 Å². The van der Waals surface area contributed by atoms with Crippen molar-refractivity contribution in [1.29, 1.82) is 0 Å². The maximum absolute atomic E-state index is 2.62. The molecule has 2 aromatic carbocycles. The zero-order chi connectivity index (χ0) is 7.94. The van der Waals surface area contributed by atoms with Crippen molar-refractivity contribution in [3.05, 3.63) is 54.6 Å². The van der Waals surface area contributed by atoms with Crippen LogP contribution in [-0.4, -0.2) is 0 Å². The molecule has 13 heavy (non-hydrogen) atoms. The van der Waals surface area contributed by atoms with Crippen molar-refractivity contribution >= 4 is 14.5 Å². The summed E-state index contributed by atoms with van der Waals surface area (Å²) < 4.78 is 0. The van der Waals surface area contributed by atoms with Crippen LogP contribution in [0.4, 0.5) is 0 Å². The van der Waals surface area contributed by atoms with E-state index in [0.29, 0.717) is 0 Å². The van der Waals surface area contributed by atoms with Gasteiger partial charge in [-0.1, -0.05) is 0 Å². The Hall–Kier alpha value is 0.312. The fraction of sp³-hybridized carbons (Fsp3) is 0. The molecule has 80 valence electrons. The average Bonchev–Trinajstić information content (AvgIpc) is 2.57. The molecule has 0 aliphatic carbocycles. The van der Waals surface area contributed by atoms with E-state index in [4.69, 9.17) is 0 Å². The third kappa shape index (κ3) is 8.64. The molecule has 3 heteroatoms. The van der Waals surface area contributed by atoms with E-state index in [9.17, 15) is 0 Å². The number of hydrogen-bond acceptors (Lipinski definition) is 0. The SMILES string of the molecule is P[c-]1cccc1.[Fe].[Pd].[cH-]1[cH-][cH-][cH-][cH-]1. The summed E-state index contributed by atoms with van der Waals surface area (Å²) in [7, 11) is 2.62. The molecule has 1 unspecified atom stereocenters. The second-order valence-electron chi connectivity index (χ2n) is 2.18. The molecule has 0 spiro atoms. The van der Waals surface area contributed by atoms with Gasteiger partial charge in [0.1, 0.15) is 0 Å². The van der Waals surface area contributed by atoms with E-state index in [0.717, 1.165) is 0 Å². The summed E-state index contributed by atoms with van der Waals surface area (Å²) in [5.74, 6) is 0. The second-order valence-corrected chi connectivity index (χ2v) is 2.85. The first-order valence-corrected chi connectivity index (χ1v) is 4.11. The van der Waals surface area contributed by atoms with Gasteiger partial charge < -0.3 is 30.3 Å². The Balaban J connectivity index is 0. The molecule has 0 amide bonds. The summed E-state index contributed by atoms with van der Waals surface area (Å²) in [6.07, 6.45) is 0. The van der Waals surface area contributed by atoms with Crippen molar-refractivity contribution in [3.8, 4) is 0 Å². The van der Waals surface area contributed by atoms with E-state index in [1.54, 1.807) is 0 Å². The van der Waals surface area contributed by atoms with Crippen LogP contribution in [0.15, 0.2) is 54.6 Å². The molecule has 0 saturated heterocycles. The van der Waals surface area contributed by atoms with Crippen LogP contribution in [0.5, 0.6) is 0 Å². The third-order valence-corrected chi connectivity index (χ3v) is 1.63. The van der Waals surface area contributed by atoms with Crippen molar-refractivity contribution in [1.82, 2.24) is 0 Å². The smallest absolute Gasteiger partial charge is 0 e. The summed E-state index contributed by atoms with van der Waals surface area (Å²) >= 11 is 0. The Morgan fingerprint density at radius 1 is 0.846 bits per heavy atom. The largest absolute Gasteiger partial charge is 0.748 e. The van der Waals surface area contributed by atoms with Crippen LogP contribution in [0.2, 0.25) is 0 Å². The van der Waals surface area contributed by atoms with Gasteiger partial charge in [-0.05, 0) is 0 Å². The molecular weight excluding hydrogens is 313 g/mol. The monoisotopic (exact) mass is 324 g/mol. The number of hydrogen-bond donors (Lipinski definition) is 0. The van der Waals surface area contributed by atoms with Gasteiger partial charge in [0.2, 0.25) is 0 Å². The summed E-state index contributed by atoms with van der Waals surface area (Å²) in [6.45, 7) is 0. The van der Waals surface area contributed by atoms with Crippen LogP contribution in [0.1, 0.15) is 0 Å². The average molecular weight is 324 g/mol. The van der Waals surface area contributed by atoms with Crippen molar-refractivity contribution in [3.63, 3.8) is 0 Å². The van der Waals surface area contributed by atoms with Gasteiger partial charge in [-0.25, -0.2) is 12.1 Å². The summed E-state index contributed by atoms with van der Waals surface area (Å²) in [4.78, 5) is 0. The van der Waals surface area contributed by atoms with Gasteiger partial charge in [0, 0.05) is 37.5 Å². The first kappa shape index (κ1) is 15.8. The minimum Gasteiger partial charge on any atom is -0.748 e. The van der Waals surface area contributed by atoms with Crippen molar-refractivity contribution in [2.24, 2.45) is 0 Å². The maximum atomic E-state index is 2.62. The van der Waals surface area contributed by atoms with Gasteiger partial charge in [0.05, 0.1) is 0 Å². The maximum Gasteiger partial charge on any atom is 0 e. The standard InChI is InChI=1S/C5H6P.C5H5.Fe.Pd/c6-5-3-1-2-4-5;1-2-4-5-3-1;;/h1-4H,6H2;1-5H;;/q-1;-5;;. The molecule has 0 aliphatic rings. The first-order valence-electron chi connectivity index (χ1n) is 3.53. The molecule has 2 aromatic rings. The summed E-state index contributed by atoms with van der Waals surface area (Å²) in [5, 5.41) is 1.26. The van der Waals surface area contributed by atoms with Crippen LogP contribution in [0.3, 0.4) is 0 Å². The van der Waals surface area contributed by atoms with E-state index < -0.39 is 0 Å². The van der Waals surface area contributed by atoms with Gasteiger partial charge in [-0.3, -0.25) is 0 Å². The summed E-state index contributed by atoms with van der Waals surface area (Å²) in [6, 6.07) is 18.1. The molecule has 2 rings (SSSR count). The van der Waals surface area contributed by atoms with E-state index in [2.05, 4.69) is 9.24 Å². The zero-order valence-electron chi connectivity index (χ0n) is 6.94. The predicted octanol–water partition coefficient (Wildman–Crippen LogP) is 2.31. The Morgan fingerprint density at radius 2 is 1.15 bits per heavy atom. The zero-order valence-corrected chi connectivity index (χ0v) is 10.8. The molecular formula is C10H11FePPd-6. The van der Waals surface area contributed by atoms with E-state index >= 15 is 0 Å². The molecule has 0 heterocycles. The molecule has 0 radical (unpaired) electrons. The van der Waals surface area contributed by atoms with Crippen LogP contribution < -0.4 is 5.30 Å². The van der Waals surface area contributed by atoms with Crippen LogP contribution in [-0.2, 0) is 37.5 Å². The van der Waals surface area contributed by atoms with Gasteiger partial charge in [0.25, 0.3) is 0 Å². The molecule has 0 fully saturated rings. The quantitative estimate of drug-likeness (QED) is 0.396. The molecule has 0 aliphatic heterocycles. The Morgan fingerprint density at radius 3 is 1.31 bits per heavy atom. The van der Waals surface area contributed by atoms with Crippen molar-refractivity contribution in [2.45, 2.75) is 0 Å². The second kappa shape index (κ2) is 10.4. The first-order chi connectivity index (χ1) is 5.39. The van der Waals surface area contributed by atoms with Crippen LogP contribution >= 0.6 is 9.24 Å². The van der Waals surface area contributed by atoms with E-state index in [-0.39, 0.29) is 37.5 Å². The fourth-order valence-corrected chi connectivity index (χ4v) is 0.932. The molecule has 0 saturated carbocycles. The van der Waals surface area contributed by atoms with Gasteiger partial charge in [-0.2, -0.15) is 21.4 Å². The van der Waals surface area contributed by atoms with Gasteiger partial charge in [-0.15, -0.1) is 5.30 Å². The molecule has 0 bridgehead atoms. The Labute approximate surface area is 106 Å². The Bertz CT molecular complexity index is 233. The predicted molar refractivity (Wildman–Crippen MR) is 53.4 cm³/mol. The Kier molecular flexibility index (Phi) is 12.6. The fourth-order valence-electron chi connectivity index (χ4n) is 0.710. The third-order valence-electron chi connectivity index (χ3n) is 1.24. The molecule has 0 aromatic heterocycles. The molecule has 1 atom stereocenters.